The summed E-state index contributed by atoms with van der Waals surface area (Å²) < 4.78 is 41.5. The summed E-state index contributed by atoms with van der Waals surface area (Å²) in [5.74, 6) is -2.80. The van der Waals surface area contributed by atoms with Gasteiger partial charge in [-0.25, -0.2) is 13.2 Å². The number of pyridine rings is 1. The number of carbonyl (C=O) groups is 1. The van der Waals surface area contributed by atoms with Crippen molar-refractivity contribution in [3.05, 3.63) is 87.8 Å². The van der Waals surface area contributed by atoms with Crippen molar-refractivity contribution >= 4 is 33.4 Å². The van der Waals surface area contributed by atoms with Crippen LogP contribution in [0.25, 0.3) is 21.8 Å². The number of H-pyrrole nitrogens is 1. The largest absolute Gasteiger partial charge is 0.351 e. The molecule has 0 saturated carbocycles. The maximum absolute atomic E-state index is 14.1. The Hall–Kier alpha value is -3.61. The van der Waals surface area contributed by atoms with E-state index in [1.165, 1.54) is 36.4 Å². The Morgan fingerprint density at radius 2 is 1.63 bits per heavy atom. The van der Waals surface area contributed by atoms with Gasteiger partial charge < -0.3 is 10.3 Å². The van der Waals surface area contributed by atoms with Crippen molar-refractivity contribution in [3.63, 3.8) is 0 Å². The number of anilines is 1. The van der Waals surface area contributed by atoms with Crippen LogP contribution in [0.5, 0.6) is 0 Å². The van der Waals surface area contributed by atoms with Crippen LogP contribution in [0.3, 0.4) is 0 Å². The highest BCUT2D eigenvalue weighted by Crippen LogP contribution is 2.22. The van der Waals surface area contributed by atoms with Crippen molar-refractivity contribution in [1.82, 2.24) is 4.98 Å². The van der Waals surface area contributed by atoms with Crippen molar-refractivity contribution in [3.8, 4) is 0 Å². The molecule has 134 valence electrons. The summed E-state index contributed by atoms with van der Waals surface area (Å²) in [5, 5.41) is 2.40. The number of hydrogen-bond acceptors (Lipinski definition) is 2. The van der Waals surface area contributed by atoms with Gasteiger partial charge in [0.05, 0.1) is 16.6 Å². The molecule has 0 saturated heterocycles. The van der Waals surface area contributed by atoms with Crippen LogP contribution in [0.1, 0.15) is 10.4 Å². The lowest BCUT2D eigenvalue weighted by atomic mass is 10.0. The molecule has 7 heteroatoms. The van der Waals surface area contributed by atoms with Gasteiger partial charge in [0.1, 0.15) is 17.5 Å². The monoisotopic (exact) mass is 368 g/mol. The maximum atomic E-state index is 14.1. The average molecular weight is 368 g/mol. The molecule has 0 unspecified atom stereocenters. The summed E-state index contributed by atoms with van der Waals surface area (Å²) in [5.41, 5.74) is -0.727. The second kappa shape index (κ2) is 6.28. The van der Waals surface area contributed by atoms with Gasteiger partial charge in [-0.3, -0.25) is 9.59 Å². The molecule has 0 aliphatic heterocycles. The van der Waals surface area contributed by atoms with Gasteiger partial charge in [-0.2, -0.15) is 0 Å². The summed E-state index contributed by atoms with van der Waals surface area (Å²) in [7, 11) is 0. The fraction of sp³-hybridized carbons (Fsp3) is 0. The molecule has 4 nitrogen and oxygen atoms in total. The van der Waals surface area contributed by atoms with Crippen molar-refractivity contribution < 1.29 is 18.0 Å². The van der Waals surface area contributed by atoms with Crippen molar-refractivity contribution in [2.75, 3.05) is 5.32 Å². The van der Waals surface area contributed by atoms with E-state index in [2.05, 4.69) is 10.3 Å². The lowest BCUT2D eigenvalue weighted by Crippen LogP contribution is -2.15. The highest BCUT2D eigenvalue weighted by Gasteiger charge is 2.17. The predicted octanol–water partition coefficient (Wildman–Crippen LogP) is 4.35. The van der Waals surface area contributed by atoms with Gasteiger partial charge in [0.25, 0.3) is 5.91 Å². The quantitative estimate of drug-likeness (QED) is 0.517. The molecule has 0 atom stereocenters. The minimum absolute atomic E-state index is 0.00657. The average Bonchev–Trinajstić information content (AvgIpc) is 2.63. The fourth-order valence-electron chi connectivity index (χ4n) is 2.97. The molecular formula is C20H11F3N2O2. The Balaban J connectivity index is 1.94. The van der Waals surface area contributed by atoms with E-state index < -0.39 is 28.8 Å². The van der Waals surface area contributed by atoms with Crippen LogP contribution in [-0.2, 0) is 0 Å². The van der Waals surface area contributed by atoms with Crippen LogP contribution in [0.2, 0.25) is 0 Å². The Kier molecular flexibility index (Phi) is 3.92. The van der Waals surface area contributed by atoms with Gasteiger partial charge >= 0.3 is 0 Å². The summed E-state index contributed by atoms with van der Waals surface area (Å²) in [6.07, 6.45) is 0. The SMILES string of the molecule is O=C(Nc1cccc(F)c1)c1cc(F)cc2c(=O)c3cccc(F)c3[nH]c12. The molecule has 3 aromatic carbocycles. The summed E-state index contributed by atoms with van der Waals surface area (Å²) in [4.78, 5) is 28.0. The Morgan fingerprint density at radius 1 is 0.852 bits per heavy atom. The number of benzene rings is 3. The van der Waals surface area contributed by atoms with Gasteiger partial charge in [-0.05, 0) is 42.5 Å². The first kappa shape index (κ1) is 16.8. The normalized spacial score (nSPS) is 11.1. The fourth-order valence-corrected chi connectivity index (χ4v) is 2.97. The van der Waals surface area contributed by atoms with E-state index in [1.54, 1.807) is 0 Å². The molecule has 0 radical (unpaired) electrons. The first-order chi connectivity index (χ1) is 12.9. The first-order valence-electron chi connectivity index (χ1n) is 7.95. The van der Waals surface area contributed by atoms with Crippen molar-refractivity contribution in [2.45, 2.75) is 0 Å². The third-order valence-electron chi connectivity index (χ3n) is 4.18. The zero-order valence-electron chi connectivity index (χ0n) is 13.6. The maximum Gasteiger partial charge on any atom is 0.257 e. The second-order valence-electron chi connectivity index (χ2n) is 5.96. The molecule has 0 aliphatic carbocycles. The molecular weight excluding hydrogens is 357 g/mol. The van der Waals surface area contributed by atoms with E-state index in [4.69, 9.17) is 0 Å². The second-order valence-corrected chi connectivity index (χ2v) is 5.96. The number of amides is 1. The van der Waals surface area contributed by atoms with E-state index in [-0.39, 0.29) is 33.1 Å². The van der Waals surface area contributed by atoms with Gasteiger partial charge in [-0.15, -0.1) is 0 Å². The zero-order valence-corrected chi connectivity index (χ0v) is 13.6. The van der Waals surface area contributed by atoms with E-state index in [0.29, 0.717) is 0 Å². The molecule has 0 spiro atoms. The van der Waals surface area contributed by atoms with Crippen molar-refractivity contribution in [2.24, 2.45) is 0 Å². The summed E-state index contributed by atoms with van der Waals surface area (Å²) in [6, 6.07) is 11.0. The molecule has 1 amide bonds. The molecule has 2 N–H and O–H groups in total. The number of aromatic amines is 1. The molecule has 0 bridgehead atoms. The first-order valence-corrected chi connectivity index (χ1v) is 7.95. The number of aromatic nitrogens is 1. The minimum Gasteiger partial charge on any atom is -0.351 e. The van der Waals surface area contributed by atoms with Crippen LogP contribution < -0.4 is 10.7 Å². The number of carbonyl (C=O) groups excluding carboxylic acids is 1. The predicted molar refractivity (Wildman–Crippen MR) is 96.3 cm³/mol. The van der Waals surface area contributed by atoms with E-state index in [1.807, 2.05) is 0 Å². The Morgan fingerprint density at radius 3 is 2.41 bits per heavy atom. The van der Waals surface area contributed by atoms with E-state index in [0.717, 1.165) is 18.2 Å². The highest BCUT2D eigenvalue weighted by atomic mass is 19.1. The standard InChI is InChI=1S/C20H11F3N2O2/c21-10-3-1-4-12(7-10)24-20(27)15-9-11(22)8-14-17(15)25-18-13(19(14)26)5-2-6-16(18)23/h1-9H,(H,24,27)(H,25,26). The third kappa shape index (κ3) is 2.93. The number of halogens is 3. The van der Waals surface area contributed by atoms with E-state index in [9.17, 15) is 22.8 Å². The topological polar surface area (TPSA) is 62.0 Å². The smallest absolute Gasteiger partial charge is 0.257 e. The third-order valence-corrected chi connectivity index (χ3v) is 4.18. The molecule has 0 fully saturated rings. The van der Waals surface area contributed by atoms with Crippen LogP contribution in [-0.4, -0.2) is 10.9 Å². The minimum atomic E-state index is -0.798. The van der Waals surface area contributed by atoms with Crippen LogP contribution in [0.4, 0.5) is 18.9 Å². The van der Waals surface area contributed by atoms with Gasteiger partial charge in [0, 0.05) is 16.5 Å². The van der Waals surface area contributed by atoms with Crippen LogP contribution in [0, 0.1) is 17.5 Å². The lowest BCUT2D eigenvalue weighted by Gasteiger charge is -2.10. The van der Waals surface area contributed by atoms with Crippen LogP contribution in [0.15, 0.2) is 59.4 Å². The molecule has 1 aromatic heterocycles. The highest BCUT2D eigenvalue weighted by molar-refractivity contribution is 6.13. The van der Waals surface area contributed by atoms with Gasteiger partial charge in [0.2, 0.25) is 0 Å². The van der Waals surface area contributed by atoms with Crippen LogP contribution >= 0.6 is 0 Å². The zero-order chi connectivity index (χ0) is 19.1. The van der Waals surface area contributed by atoms with Crippen molar-refractivity contribution in [1.29, 1.82) is 0 Å². The molecule has 27 heavy (non-hydrogen) atoms. The summed E-state index contributed by atoms with van der Waals surface area (Å²) in [6.45, 7) is 0. The number of nitrogens with one attached hydrogen (secondary N) is 2. The number of rotatable bonds is 2. The Bertz CT molecular complexity index is 1280. The lowest BCUT2D eigenvalue weighted by molar-refractivity contribution is 0.102. The summed E-state index contributed by atoms with van der Waals surface area (Å²) >= 11 is 0. The number of fused-ring (bicyclic) bond motifs is 2. The van der Waals surface area contributed by atoms with Gasteiger partial charge in [0.15, 0.2) is 5.43 Å². The van der Waals surface area contributed by atoms with E-state index >= 15 is 0 Å². The Labute approximate surface area is 150 Å². The molecule has 4 aromatic rings. The molecule has 4 rings (SSSR count). The molecule has 1 heterocycles. The van der Waals surface area contributed by atoms with Gasteiger partial charge in [-0.1, -0.05) is 12.1 Å². The number of hydrogen-bond donors (Lipinski definition) is 2. The number of para-hydroxylation sites is 1. The molecule has 0 aliphatic rings.